The van der Waals surface area contributed by atoms with Crippen LogP contribution in [0, 0.1) is 0 Å². The fourth-order valence-electron chi connectivity index (χ4n) is 4.64. The Morgan fingerprint density at radius 3 is 1.88 bits per heavy atom. The van der Waals surface area contributed by atoms with Crippen LogP contribution in [0.4, 0.5) is 0 Å². The minimum Gasteiger partial charge on any atom is -0.393 e. The maximum atomic E-state index is 12.6. The van der Waals surface area contributed by atoms with E-state index in [1.807, 2.05) is 6.08 Å². The maximum absolute atomic E-state index is 12.6. The smallest absolute Gasteiger partial charge is 0.393 e. The highest BCUT2D eigenvalue weighted by Crippen LogP contribution is 2.43. The molecule has 0 spiro atoms. The third-order valence-electron chi connectivity index (χ3n) is 7.17. The molecule has 0 rings (SSSR count). The summed E-state index contributed by atoms with van der Waals surface area (Å²) in [5.41, 5.74) is 5.32. The SMILES string of the molecule is CCCCCCCCCC/C=C/C(O)C(COP(=O)(O)OCCN)NC(=O)CC(O)CCCCCCCCCCC. The summed E-state index contributed by atoms with van der Waals surface area (Å²) in [5.74, 6) is -0.451. The van der Waals surface area contributed by atoms with Gasteiger partial charge in [0.1, 0.15) is 0 Å². The van der Waals surface area contributed by atoms with E-state index in [0.29, 0.717) is 6.42 Å². The number of carbonyl (C=O) groups excluding carboxylic acids is 1. The molecule has 0 fully saturated rings. The van der Waals surface area contributed by atoms with Gasteiger partial charge in [-0.2, -0.15) is 0 Å². The molecule has 4 atom stereocenters. The Bertz CT molecular complexity index is 681. The van der Waals surface area contributed by atoms with E-state index >= 15 is 0 Å². The van der Waals surface area contributed by atoms with Gasteiger partial charge in [0.2, 0.25) is 5.91 Å². The van der Waals surface area contributed by atoms with Crippen LogP contribution >= 0.6 is 7.82 Å². The van der Waals surface area contributed by atoms with Crippen molar-refractivity contribution < 1.29 is 33.5 Å². The number of carbonyl (C=O) groups is 1. The first-order valence-electron chi connectivity index (χ1n) is 16.4. The third-order valence-corrected chi connectivity index (χ3v) is 8.15. The number of hydrogen-bond donors (Lipinski definition) is 5. The van der Waals surface area contributed by atoms with Gasteiger partial charge in [-0.15, -0.1) is 0 Å². The highest BCUT2D eigenvalue weighted by molar-refractivity contribution is 7.47. The van der Waals surface area contributed by atoms with Crippen LogP contribution in [0.2, 0.25) is 0 Å². The summed E-state index contributed by atoms with van der Waals surface area (Å²) in [6.07, 6.45) is 23.1. The van der Waals surface area contributed by atoms with E-state index in [9.17, 15) is 24.5 Å². The number of hydrogen-bond acceptors (Lipinski definition) is 7. The van der Waals surface area contributed by atoms with Crippen molar-refractivity contribution >= 4 is 13.7 Å². The van der Waals surface area contributed by atoms with E-state index in [4.69, 9.17) is 14.8 Å². The highest BCUT2D eigenvalue weighted by Gasteiger charge is 2.27. The first kappa shape index (κ1) is 40.2. The molecule has 0 aliphatic carbocycles. The molecule has 0 aliphatic heterocycles. The molecule has 0 aromatic heterocycles. The second-order valence-electron chi connectivity index (χ2n) is 11.2. The van der Waals surface area contributed by atoms with Gasteiger partial charge in [0.25, 0.3) is 0 Å². The van der Waals surface area contributed by atoms with Crippen LogP contribution in [0.5, 0.6) is 0 Å². The van der Waals surface area contributed by atoms with Crippen molar-refractivity contribution in [3.05, 3.63) is 12.2 Å². The van der Waals surface area contributed by atoms with Gasteiger partial charge in [-0.3, -0.25) is 13.8 Å². The zero-order valence-corrected chi connectivity index (χ0v) is 27.0. The van der Waals surface area contributed by atoms with Crippen LogP contribution in [0.3, 0.4) is 0 Å². The summed E-state index contributed by atoms with van der Waals surface area (Å²) in [7, 11) is -4.38. The second kappa shape index (κ2) is 28.0. The van der Waals surface area contributed by atoms with E-state index in [0.717, 1.165) is 38.5 Å². The van der Waals surface area contributed by atoms with E-state index in [1.165, 1.54) is 77.0 Å². The molecule has 0 aromatic rings. The van der Waals surface area contributed by atoms with Gasteiger partial charge in [-0.05, 0) is 19.3 Å². The molecule has 1 amide bonds. The van der Waals surface area contributed by atoms with Gasteiger partial charge in [-0.1, -0.05) is 129 Å². The zero-order valence-electron chi connectivity index (χ0n) is 26.1. The Hall–Kier alpha value is -0.800. The molecule has 244 valence electrons. The lowest BCUT2D eigenvalue weighted by Gasteiger charge is -2.24. The second-order valence-corrected chi connectivity index (χ2v) is 12.7. The third kappa shape index (κ3) is 26.6. The van der Waals surface area contributed by atoms with Crippen LogP contribution < -0.4 is 11.1 Å². The molecule has 6 N–H and O–H groups in total. The molecule has 0 saturated carbocycles. The summed E-state index contributed by atoms with van der Waals surface area (Å²) in [6.45, 7) is 3.89. The standard InChI is InChI=1S/C31H63N2O7P/c1-3-5-7-9-11-13-15-17-19-21-23-30(35)29(27-40-41(37,38)39-25-24-32)33-31(36)26-28(34)22-20-18-16-14-12-10-8-6-4-2/h21,23,28-30,34-35H,3-20,22,24-27,32H2,1-2H3,(H,33,36)(H,37,38)/b23-21+. The van der Waals surface area contributed by atoms with E-state index in [2.05, 4.69) is 19.2 Å². The number of nitrogens with two attached hydrogens (primary N) is 1. The molecule has 10 heteroatoms. The number of amides is 1. The van der Waals surface area contributed by atoms with Crippen molar-refractivity contribution in [2.24, 2.45) is 5.73 Å². The van der Waals surface area contributed by atoms with Crippen LogP contribution in [0.15, 0.2) is 12.2 Å². The van der Waals surface area contributed by atoms with Gasteiger partial charge in [0, 0.05) is 6.54 Å². The van der Waals surface area contributed by atoms with Gasteiger partial charge >= 0.3 is 7.82 Å². The summed E-state index contributed by atoms with van der Waals surface area (Å²) in [5, 5.41) is 23.7. The van der Waals surface area contributed by atoms with Crippen molar-refractivity contribution in [3.8, 4) is 0 Å². The largest absolute Gasteiger partial charge is 0.472 e. The van der Waals surface area contributed by atoms with Gasteiger partial charge in [-0.25, -0.2) is 4.57 Å². The summed E-state index contributed by atoms with van der Waals surface area (Å²) in [6, 6.07) is -0.973. The average Bonchev–Trinajstić information content (AvgIpc) is 2.94. The number of rotatable bonds is 30. The van der Waals surface area contributed by atoms with Crippen molar-refractivity contribution in [1.29, 1.82) is 0 Å². The van der Waals surface area contributed by atoms with Crippen molar-refractivity contribution in [2.75, 3.05) is 19.8 Å². The number of phosphoric ester groups is 1. The number of nitrogens with one attached hydrogen (secondary N) is 1. The van der Waals surface area contributed by atoms with Crippen LogP contribution in [-0.2, 0) is 18.4 Å². The van der Waals surface area contributed by atoms with Crippen LogP contribution in [-0.4, -0.2) is 59.0 Å². The average molecular weight is 607 g/mol. The minimum absolute atomic E-state index is 0.0506. The summed E-state index contributed by atoms with van der Waals surface area (Å²) >= 11 is 0. The number of phosphoric acid groups is 1. The fourth-order valence-corrected chi connectivity index (χ4v) is 5.40. The monoisotopic (exact) mass is 606 g/mol. The molecular formula is C31H63N2O7P. The Labute approximate surface area is 250 Å². The molecule has 0 aliphatic rings. The molecular weight excluding hydrogens is 543 g/mol. The van der Waals surface area contributed by atoms with E-state index in [-0.39, 0.29) is 19.6 Å². The number of aliphatic hydroxyl groups is 2. The van der Waals surface area contributed by atoms with Crippen molar-refractivity contribution in [1.82, 2.24) is 5.32 Å². The van der Waals surface area contributed by atoms with Crippen LogP contribution in [0.25, 0.3) is 0 Å². The summed E-state index contributed by atoms with van der Waals surface area (Å²) in [4.78, 5) is 22.5. The first-order chi connectivity index (χ1) is 19.8. The Morgan fingerprint density at radius 2 is 1.34 bits per heavy atom. The molecule has 0 radical (unpaired) electrons. The topological polar surface area (TPSA) is 151 Å². The summed E-state index contributed by atoms with van der Waals surface area (Å²) < 4.78 is 21.8. The van der Waals surface area contributed by atoms with Crippen LogP contribution in [0.1, 0.15) is 142 Å². The zero-order chi connectivity index (χ0) is 30.6. The predicted octanol–water partition coefficient (Wildman–Crippen LogP) is 6.68. The lowest BCUT2D eigenvalue weighted by atomic mass is 10.0. The normalized spacial score (nSPS) is 15.6. The van der Waals surface area contributed by atoms with E-state index in [1.54, 1.807) is 6.08 Å². The van der Waals surface area contributed by atoms with E-state index < -0.39 is 38.6 Å². The fraction of sp³-hybridized carbons (Fsp3) is 0.903. The number of allylic oxidation sites excluding steroid dienone is 1. The molecule has 41 heavy (non-hydrogen) atoms. The van der Waals surface area contributed by atoms with Crippen molar-refractivity contribution in [2.45, 2.75) is 161 Å². The lowest BCUT2D eigenvalue weighted by Crippen LogP contribution is -2.46. The predicted molar refractivity (Wildman–Crippen MR) is 168 cm³/mol. The maximum Gasteiger partial charge on any atom is 0.472 e. The number of aliphatic hydroxyl groups excluding tert-OH is 2. The molecule has 0 saturated heterocycles. The Balaban J connectivity index is 4.57. The molecule has 0 heterocycles. The molecule has 9 nitrogen and oxygen atoms in total. The Morgan fingerprint density at radius 1 is 0.829 bits per heavy atom. The molecule has 0 aromatic carbocycles. The lowest BCUT2D eigenvalue weighted by molar-refractivity contribution is -0.124. The molecule has 4 unspecified atom stereocenters. The van der Waals surface area contributed by atoms with Crippen molar-refractivity contribution in [3.63, 3.8) is 0 Å². The van der Waals surface area contributed by atoms with Gasteiger partial charge < -0.3 is 26.2 Å². The quantitative estimate of drug-likeness (QED) is 0.0345. The van der Waals surface area contributed by atoms with Gasteiger partial charge in [0.15, 0.2) is 0 Å². The number of unbranched alkanes of at least 4 members (excludes halogenated alkanes) is 16. The highest BCUT2D eigenvalue weighted by atomic mass is 31.2. The van der Waals surface area contributed by atoms with Gasteiger partial charge in [0.05, 0.1) is 37.9 Å². The molecule has 0 bridgehead atoms. The first-order valence-corrected chi connectivity index (χ1v) is 17.9. The Kier molecular flexibility index (Phi) is 27.5. The minimum atomic E-state index is -4.38.